The highest BCUT2D eigenvalue weighted by Gasteiger charge is 2.46. The zero-order valence-electron chi connectivity index (χ0n) is 13.4. The van der Waals surface area contributed by atoms with E-state index in [2.05, 4.69) is 12.2 Å². The van der Waals surface area contributed by atoms with Gasteiger partial charge in [0.25, 0.3) is 0 Å². The van der Waals surface area contributed by atoms with Crippen LogP contribution in [-0.2, 0) is 5.54 Å². The van der Waals surface area contributed by atoms with Crippen LogP contribution < -0.4 is 14.8 Å². The summed E-state index contributed by atoms with van der Waals surface area (Å²) in [6, 6.07) is 5.98. The Kier molecular flexibility index (Phi) is 4.14. The van der Waals surface area contributed by atoms with Gasteiger partial charge in [0.2, 0.25) is 0 Å². The maximum atomic E-state index is 12.3. The minimum atomic E-state index is -0.229. The predicted octanol–water partition coefficient (Wildman–Crippen LogP) is 2.89. The molecule has 120 valence electrons. The molecule has 3 rings (SSSR count). The van der Waals surface area contributed by atoms with Crippen LogP contribution in [0.15, 0.2) is 18.2 Å². The molecule has 2 amide bonds. The molecule has 0 unspecified atom stereocenters. The second kappa shape index (κ2) is 6.07. The predicted molar refractivity (Wildman–Crippen MR) is 84.4 cm³/mol. The van der Waals surface area contributed by atoms with Gasteiger partial charge in [0.15, 0.2) is 11.5 Å². The van der Waals surface area contributed by atoms with Gasteiger partial charge in [0.1, 0.15) is 13.2 Å². The summed E-state index contributed by atoms with van der Waals surface area (Å²) >= 11 is 0. The van der Waals surface area contributed by atoms with Crippen LogP contribution in [0.2, 0.25) is 0 Å². The Morgan fingerprint density at radius 2 is 2.00 bits per heavy atom. The van der Waals surface area contributed by atoms with Crippen LogP contribution >= 0.6 is 0 Å². The smallest absolute Gasteiger partial charge is 0.317 e. The summed E-state index contributed by atoms with van der Waals surface area (Å²) in [5.74, 6) is 1.57. The van der Waals surface area contributed by atoms with Crippen molar-refractivity contribution in [2.45, 2.75) is 38.1 Å². The molecule has 5 nitrogen and oxygen atoms in total. The molecule has 0 atom stereocenters. The number of hydrogen-bond donors (Lipinski definition) is 1. The summed E-state index contributed by atoms with van der Waals surface area (Å²) in [5.41, 5.74) is 0.877. The molecular formula is C17H24N2O3. The fourth-order valence-electron chi connectivity index (χ4n) is 2.75. The van der Waals surface area contributed by atoms with Crippen LogP contribution in [0.1, 0.15) is 38.2 Å². The second-order valence-electron chi connectivity index (χ2n) is 6.15. The van der Waals surface area contributed by atoms with E-state index in [9.17, 15) is 4.79 Å². The SMILES string of the molecule is CCCCN(C)C(=O)NC1(c2ccc3c(c2)OCCO3)CC1. The molecular weight excluding hydrogens is 280 g/mol. The first-order chi connectivity index (χ1) is 10.6. The van der Waals surface area contributed by atoms with Gasteiger partial charge in [0.05, 0.1) is 5.54 Å². The third-order valence-electron chi connectivity index (χ3n) is 4.38. The molecule has 1 heterocycles. The highest BCUT2D eigenvalue weighted by Crippen LogP contribution is 2.47. The lowest BCUT2D eigenvalue weighted by atomic mass is 10.0. The summed E-state index contributed by atoms with van der Waals surface area (Å²) in [5, 5.41) is 3.19. The summed E-state index contributed by atoms with van der Waals surface area (Å²) in [7, 11) is 1.85. The second-order valence-corrected chi connectivity index (χ2v) is 6.15. The number of carbonyl (C=O) groups is 1. The van der Waals surface area contributed by atoms with Gasteiger partial charge < -0.3 is 19.7 Å². The largest absolute Gasteiger partial charge is 0.486 e. The number of nitrogens with one attached hydrogen (secondary N) is 1. The number of amides is 2. The number of hydrogen-bond acceptors (Lipinski definition) is 3. The number of urea groups is 1. The first kappa shape index (κ1) is 15.0. The van der Waals surface area contributed by atoms with Gasteiger partial charge in [-0.2, -0.15) is 0 Å². The Balaban J connectivity index is 1.69. The van der Waals surface area contributed by atoms with Crippen molar-refractivity contribution >= 4 is 6.03 Å². The first-order valence-electron chi connectivity index (χ1n) is 8.08. The molecule has 0 aromatic heterocycles. The van der Waals surface area contributed by atoms with E-state index in [1.807, 2.05) is 25.2 Å². The van der Waals surface area contributed by atoms with E-state index in [1.165, 1.54) is 0 Å². The van der Waals surface area contributed by atoms with E-state index < -0.39 is 0 Å². The zero-order valence-corrected chi connectivity index (χ0v) is 13.4. The normalized spacial score (nSPS) is 17.7. The minimum Gasteiger partial charge on any atom is -0.486 e. The van der Waals surface area contributed by atoms with Crippen LogP contribution in [0.4, 0.5) is 4.79 Å². The van der Waals surface area contributed by atoms with Crippen molar-refractivity contribution in [3.63, 3.8) is 0 Å². The van der Waals surface area contributed by atoms with Crippen LogP contribution in [0.3, 0.4) is 0 Å². The fourth-order valence-corrected chi connectivity index (χ4v) is 2.75. The lowest BCUT2D eigenvalue weighted by Crippen LogP contribution is -2.43. The molecule has 0 radical (unpaired) electrons. The van der Waals surface area contributed by atoms with Gasteiger partial charge in [-0.15, -0.1) is 0 Å². The molecule has 1 aromatic rings. The maximum Gasteiger partial charge on any atom is 0.317 e. The molecule has 1 aromatic carbocycles. The number of nitrogens with zero attached hydrogens (tertiary/aromatic N) is 1. The Morgan fingerprint density at radius 3 is 2.68 bits per heavy atom. The molecule has 1 N–H and O–H groups in total. The number of carbonyl (C=O) groups excluding carboxylic acids is 1. The van der Waals surface area contributed by atoms with Gasteiger partial charge in [-0.1, -0.05) is 19.4 Å². The van der Waals surface area contributed by atoms with Crippen LogP contribution in [-0.4, -0.2) is 37.7 Å². The molecule has 1 aliphatic carbocycles. The van der Waals surface area contributed by atoms with Crippen molar-refractivity contribution < 1.29 is 14.3 Å². The monoisotopic (exact) mass is 304 g/mol. The standard InChI is InChI=1S/C17H24N2O3/c1-3-4-9-19(2)16(20)18-17(7-8-17)13-5-6-14-15(12-13)22-11-10-21-14/h5-6,12H,3-4,7-11H2,1-2H3,(H,18,20). The lowest BCUT2D eigenvalue weighted by molar-refractivity contribution is 0.171. The Morgan fingerprint density at radius 1 is 1.27 bits per heavy atom. The van der Waals surface area contributed by atoms with Crippen molar-refractivity contribution in [2.24, 2.45) is 0 Å². The topological polar surface area (TPSA) is 50.8 Å². The third-order valence-corrected chi connectivity index (χ3v) is 4.38. The van der Waals surface area contributed by atoms with E-state index >= 15 is 0 Å². The third kappa shape index (κ3) is 2.98. The minimum absolute atomic E-state index is 0.000777. The van der Waals surface area contributed by atoms with E-state index in [0.29, 0.717) is 13.2 Å². The average Bonchev–Trinajstić information content (AvgIpc) is 3.32. The van der Waals surface area contributed by atoms with Gasteiger partial charge in [0, 0.05) is 13.6 Å². The van der Waals surface area contributed by atoms with Gasteiger partial charge in [-0.3, -0.25) is 0 Å². The average molecular weight is 304 g/mol. The highest BCUT2D eigenvalue weighted by molar-refractivity contribution is 5.75. The van der Waals surface area contributed by atoms with E-state index in [0.717, 1.165) is 49.3 Å². The summed E-state index contributed by atoms with van der Waals surface area (Å²) < 4.78 is 11.2. The Labute approximate surface area is 131 Å². The van der Waals surface area contributed by atoms with Crippen molar-refractivity contribution in [2.75, 3.05) is 26.8 Å². The zero-order chi connectivity index (χ0) is 15.6. The molecule has 0 spiro atoms. The molecule has 1 fully saturated rings. The lowest BCUT2D eigenvalue weighted by Gasteiger charge is -2.25. The summed E-state index contributed by atoms with van der Waals surface area (Å²) in [6.45, 7) is 4.09. The van der Waals surface area contributed by atoms with Crippen LogP contribution in [0.25, 0.3) is 0 Å². The Hall–Kier alpha value is -1.91. The van der Waals surface area contributed by atoms with E-state index in [4.69, 9.17) is 9.47 Å². The number of ether oxygens (including phenoxy) is 2. The molecule has 0 bridgehead atoms. The highest BCUT2D eigenvalue weighted by atomic mass is 16.6. The number of benzene rings is 1. The van der Waals surface area contributed by atoms with Crippen LogP contribution in [0, 0.1) is 0 Å². The molecule has 22 heavy (non-hydrogen) atoms. The van der Waals surface area contributed by atoms with E-state index in [1.54, 1.807) is 4.90 Å². The molecule has 2 aliphatic rings. The van der Waals surface area contributed by atoms with Gasteiger partial charge in [-0.05, 0) is 37.0 Å². The maximum absolute atomic E-state index is 12.3. The van der Waals surface area contributed by atoms with E-state index in [-0.39, 0.29) is 11.6 Å². The molecule has 1 saturated carbocycles. The fraction of sp³-hybridized carbons (Fsp3) is 0.588. The number of rotatable bonds is 5. The van der Waals surface area contributed by atoms with Gasteiger partial charge >= 0.3 is 6.03 Å². The van der Waals surface area contributed by atoms with Crippen LogP contribution in [0.5, 0.6) is 11.5 Å². The van der Waals surface area contributed by atoms with Crippen molar-refractivity contribution in [3.05, 3.63) is 23.8 Å². The quantitative estimate of drug-likeness (QED) is 0.910. The van der Waals surface area contributed by atoms with Crippen molar-refractivity contribution in [1.82, 2.24) is 10.2 Å². The van der Waals surface area contributed by atoms with Crippen molar-refractivity contribution in [3.8, 4) is 11.5 Å². The number of unbranched alkanes of at least 4 members (excludes halogenated alkanes) is 1. The molecule has 5 heteroatoms. The molecule has 1 aliphatic heterocycles. The van der Waals surface area contributed by atoms with Gasteiger partial charge in [-0.25, -0.2) is 4.79 Å². The first-order valence-corrected chi connectivity index (χ1v) is 8.08. The number of fused-ring (bicyclic) bond motifs is 1. The Bertz CT molecular complexity index is 555. The van der Waals surface area contributed by atoms with Crippen molar-refractivity contribution in [1.29, 1.82) is 0 Å². The molecule has 0 saturated heterocycles. The summed E-state index contributed by atoms with van der Waals surface area (Å²) in [4.78, 5) is 14.1. The summed E-state index contributed by atoms with van der Waals surface area (Å²) in [6.07, 6.45) is 4.06.